The Balaban J connectivity index is 3.47. The molecule has 0 bridgehead atoms. The van der Waals surface area contributed by atoms with Gasteiger partial charge in [0.2, 0.25) is 0 Å². The lowest BCUT2D eigenvalue weighted by Crippen LogP contribution is -2.25. The SMILES string of the molecule is C=CCC(CC=C)(c1cccc(N)c1)P(=O)(O)O. The smallest absolute Gasteiger partial charge is 0.336 e. The fourth-order valence-electron chi connectivity index (χ4n) is 2.03. The van der Waals surface area contributed by atoms with Crippen LogP contribution in [0.5, 0.6) is 0 Å². The van der Waals surface area contributed by atoms with Gasteiger partial charge in [-0.05, 0) is 30.5 Å². The third-order valence-corrected chi connectivity index (χ3v) is 4.68. The van der Waals surface area contributed by atoms with Crippen LogP contribution in [-0.2, 0) is 9.72 Å². The summed E-state index contributed by atoms with van der Waals surface area (Å²) in [5.41, 5.74) is 6.67. The average molecular weight is 267 g/mol. The van der Waals surface area contributed by atoms with Crippen molar-refractivity contribution in [2.75, 3.05) is 5.73 Å². The van der Waals surface area contributed by atoms with Gasteiger partial charge in [0.1, 0.15) is 5.16 Å². The van der Waals surface area contributed by atoms with Crippen LogP contribution in [0.25, 0.3) is 0 Å². The first-order chi connectivity index (χ1) is 8.37. The highest BCUT2D eigenvalue weighted by Gasteiger charge is 2.46. The number of nitrogen functional groups attached to an aromatic ring is 1. The molecule has 1 aromatic carbocycles. The number of rotatable bonds is 6. The summed E-state index contributed by atoms with van der Waals surface area (Å²) in [4.78, 5) is 19.4. The molecule has 0 amide bonds. The Bertz CT molecular complexity index is 483. The van der Waals surface area contributed by atoms with Crippen molar-refractivity contribution in [3.63, 3.8) is 0 Å². The van der Waals surface area contributed by atoms with Crippen molar-refractivity contribution in [2.24, 2.45) is 0 Å². The van der Waals surface area contributed by atoms with Gasteiger partial charge in [0.05, 0.1) is 0 Å². The normalized spacial score (nSPS) is 12.1. The van der Waals surface area contributed by atoms with Crippen LogP contribution in [0, 0.1) is 0 Å². The predicted molar refractivity (Wildman–Crippen MR) is 74.2 cm³/mol. The molecule has 0 spiro atoms. The molecule has 0 aliphatic heterocycles. The average Bonchev–Trinajstić information content (AvgIpc) is 2.27. The summed E-state index contributed by atoms with van der Waals surface area (Å²) in [5.74, 6) is 0. The van der Waals surface area contributed by atoms with E-state index in [0.29, 0.717) is 11.3 Å². The molecular weight excluding hydrogens is 249 g/mol. The molecule has 1 rings (SSSR count). The summed E-state index contributed by atoms with van der Waals surface area (Å²) >= 11 is 0. The maximum Gasteiger partial charge on any atom is 0.336 e. The minimum atomic E-state index is -4.38. The zero-order valence-electron chi connectivity index (χ0n) is 10.1. The molecule has 0 unspecified atom stereocenters. The molecule has 1 aromatic rings. The quantitative estimate of drug-likeness (QED) is 0.420. The molecule has 0 aromatic heterocycles. The van der Waals surface area contributed by atoms with E-state index in [9.17, 15) is 14.4 Å². The summed E-state index contributed by atoms with van der Waals surface area (Å²) in [7, 11) is -4.38. The van der Waals surface area contributed by atoms with E-state index in [2.05, 4.69) is 13.2 Å². The van der Waals surface area contributed by atoms with Crippen LogP contribution in [0.1, 0.15) is 18.4 Å². The number of allylic oxidation sites excluding steroid dienone is 2. The van der Waals surface area contributed by atoms with Crippen LogP contribution in [0.4, 0.5) is 5.69 Å². The first kappa shape index (κ1) is 14.7. The van der Waals surface area contributed by atoms with Gasteiger partial charge < -0.3 is 15.5 Å². The molecule has 0 aliphatic rings. The van der Waals surface area contributed by atoms with Crippen molar-refractivity contribution in [1.82, 2.24) is 0 Å². The molecule has 0 radical (unpaired) electrons. The summed E-state index contributed by atoms with van der Waals surface area (Å²) in [6.45, 7) is 7.16. The second-order valence-electron chi connectivity index (χ2n) is 4.19. The largest absolute Gasteiger partial charge is 0.399 e. The van der Waals surface area contributed by atoms with Gasteiger partial charge in [0, 0.05) is 5.69 Å². The van der Waals surface area contributed by atoms with Crippen molar-refractivity contribution < 1.29 is 14.4 Å². The van der Waals surface area contributed by atoms with E-state index in [1.165, 1.54) is 12.2 Å². The van der Waals surface area contributed by atoms with E-state index >= 15 is 0 Å². The van der Waals surface area contributed by atoms with Crippen LogP contribution in [0.2, 0.25) is 0 Å². The Morgan fingerprint density at radius 3 is 2.22 bits per heavy atom. The zero-order chi connectivity index (χ0) is 13.8. The Morgan fingerprint density at radius 2 is 1.83 bits per heavy atom. The van der Waals surface area contributed by atoms with Crippen LogP contribution < -0.4 is 5.73 Å². The van der Waals surface area contributed by atoms with Gasteiger partial charge in [0.15, 0.2) is 0 Å². The molecule has 5 heteroatoms. The summed E-state index contributed by atoms with van der Waals surface area (Å²) in [6.07, 6.45) is 3.33. The minimum absolute atomic E-state index is 0.159. The van der Waals surface area contributed by atoms with E-state index in [1.807, 2.05) is 0 Å². The molecule has 0 saturated carbocycles. The monoisotopic (exact) mass is 267 g/mol. The molecule has 0 heterocycles. The first-order valence-corrected chi connectivity index (χ1v) is 7.12. The third-order valence-electron chi connectivity index (χ3n) is 2.95. The summed E-state index contributed by atoms with van der Waals surface area (Å²) in [6, 6.07) is 6.62. The van der Waals surface area contributed by atoms with E-state index in [4.69, 9.17) is 5.73 Å². The minimum Gasteiger partial charge on any atom is -0.399 e. The molecule has 0 saturated heterocycles. The standard InChI is InChI=1S/C13H18NO3P/c1-3-8-13(9-4-2,18(15,16)17)11-6-5-7-12(14)10-11/h3-7,10H,1-2,8-9,14H2,(H2,15,16,17). The molecule has 18 heavy (non-hydrogen) atoms. The maximum atomic E-state index is 11.9. The number of hydrogen-bond donors (Lipinski definition) is 3. The van der Waals surface area contributed by atoms with Gasteiger partial charge in [-0.2, -0.15) is 0 Å². The van der Waals surface area contributed by atoms with Crippen molar-refractivity contribution in [3.8, 4) is 0 Å². The van der Waals surface area contributed by atoms with Crippen LogP contribution in [0.3, 0.4) is 0 Å². The van der Waals surface area contributed by atoms with Crippen molar-refractivity contribution in [2.45, 2.75) is 18.0 Å². The van der Waals surface area contributed by atoms with Crippen LogP contribution in [-0.4, -0.2) is 9.79 Å². The highest BCUT2D eigenvalue weighted by Crippen LogP contribution is 2.61. The Labute approximate surface area is 107 Å². The number of benzene rings is 1. The fraction of sp³-hybridized carbons (Fsp3) is 0.231. The van der Waals surface area contributed by atoms with Gasteiger partial charge >= 0.3 is 7.60 Å². The Hall–Kier alpha value is -1.35. The van der Waals surface area contributed by atoms with Crippen molar-refractivity contribution >= 4 is 13.3 Å². The Kier molecular flexibility index (Phi) is 4.52. The highest BCUT2D eigenvalue weighted by molar-refractivity contribution is 7.53. The topological polar surface area (TPSA) is 83.6 Å². The fourth-order valence-corrected chi connectivity index (χ4v) is 3.24. The van der Waals surface area contributed by atoms with Gasteiger partial charge in [-0.3, -0.25) is 4.57 Å². The second-order valence-corrected chi connectivity index (χ2v) is 6.13. The van der Waals surface area contributed by atoms with Gasteiger partial charge in [-0.15, -0.1) is 13.2 Å². The van der Waals surface area contributed by atoms with E-state index < -0.39 is 12.8 Å². The molecule has 4 nitrogen and oxygen atoms in total. The molecule has 0 atom stereocenters. The lowest BCUT2D eigenvalue weighted by atomic mass is 9.91. The van der Waals surface area contributed by atoms with E-state index in [0.717, 1.165) is 0 Å². The summed E-state index contributed by atoms with van der Waals surface area (Å²) < 4.78 is 11.9. The first-order valence-electron chi connectivity index (χ1n) is 5.51. The lowest BCUT2D eigenvalue weighted by Gasteiger charge is -2.33. The molecular formula is C13H18NO3P. The molecule has 0 aliphatic carbocycles. The van der Waals surface area contributed by atoms with E-state index in [1.54, 1.807) is 24.3 Å². The van der Waals surface area contributed by atoms with Gasteiger partial charge in [-0.1, -0.05) is 24.3 Å². The van der Waals surface area contributed by atoms with Crippen molar-refractivity contribution in [1.29, 1.82) is 0 Å². The predicted octanol–water partition coefficient (Wildman–Crippen LogP) is 2.79. The lowest BCUT2D eigenvalue weighted by molar-refractivity contribution is 0.324. The number of nitrogens with two attached hydrogens (primary N) is 1. The van der Waals surface area contributed by atoms with Gasteiger partial charge in [-0.25, -0.2) is 0 Å². The van der Waals surface area contributed by atoms with Crippen LogP contribution in [0.15, 0.2) is 49.6 Å². The number of hydrogen-bond acceptors (Lipinski definition) is 2. The zero-order valence-corrected chi connectivity index (χ0v) is 11.0. The van der Waals surface area contributed by atoms with Crippen molar-refractivity contribution in [3.05, 3.63) is 55.1 Å². The molecule has 0 fully saturated rings. The summed E-state index contributed by atoms with van der Waals surface area (Å²) in [5, 5.41) is -1.33. The van der Waals surface area contributed by atoms with E-state index in [-0.39, 0.29) is 12.8 Å². The molecule has 98 valence electrons. The highest BCUT2D eigenvalue weighted by atomic mass is 31.2. The number of anilines is 1. The molecule has 4 N–H and O–H groups in total. The third kappa shape index (κ3) is 2.72. The Morgan fingerprint density at radius 1 is 1.28 bits per heavy atom. The van der Waals surface area contributed by atoms with Crippen LogP contribution >= 0.6 is 7.60 Å². The second kappa shape index (κ2) is 5.53. The van der Waals surface area contributed by atoms with Gasteiger partial charge in [0.25, 0.3) is 0 Å². The maximum absolute atomic E-state index is 11.9.